The zero-order valence-corrected chi connectivity index (χ0v) is 11.6. The highest BCUT2D eigenvalue weighted by atomic mass is 16.1. The number of nitrogens with one attached hydrogen (secondary N) is 2. The first-order valence-corrected chi connectivity index (χ1v) is 6.47. The van der Waals surface area contributed by atoms with Crippen LogP contribution in [0.25, 0.3) is 0 Å². The van der Waals surface area contributed by atoms with Gasteiger partial charge in [-0.05, 0) is 33.1 Å². The van der Waals surface area contributed by atoms with E-state index in [1.807, 2.05) is 20.8 Å². The SMILES string of the molecule is CCCCc1c(C)nc(N/N=C(/C)CC)[nH]c1=O. The summed E-state index contributed by atoms with van der Waals surface area (Å²) in [5, 5.41) is 4.12. The van der Waals surface area contributed by atoms with Gasteiger partial charge in [0.2, 0.25) is 5.95 Å². The lowest BCUT2D eigenvalue weighted by Crippen LogP contribution is -2.18. The second kappa shape index (κ2) is 6.93. The Hall–Kier alpha value is -1.65. The van der Waals surface area contributed by atoms with Crippen LogP contribution in [0.4, 0.5) is 5.95 Å². The van der Waals surface area contributed by atoms with Crippen molar-refractivity contribution in [2.75, 3.05) is 5.43 Å². The van der Waals surface area contributed by atoms with Gasteiger partial charge >= 0.3 is 0 Å². The van der Waals surface area contributed by atoms with Gasteiger partial charge in [0.05, 0.1) is 0 Å². The van der Waals surface area contributed by atoms with Gasteiger partial charge in [-0.15, -0.1) is 0 Å². The summed E-state index contributed by atoms with van der Waals surface area (Å²) in [6, 6.07) is 0. The molecule has 0 unspecified atom stereocenters. The minimum atomic E-state index is -0.0669. The van der Waals surface area contributed by atoms with Crippen LogP contribution < -0.4 is 11.0 Å². The van der Waals surface area contributed by atoms with Gasteiger partial charge < -0.3 is 0 Å². The first-order valence-electron chi connectivity index (χ1n) is 6.47. The van der Waals surface area contributed by atoms with Crippen molar-refractivity contribution in [3.63, 3.8) is 0 Å². The van der Waals surface area contributed by atoms with E-state index in [-0.39, 0.29) is 5.56 Å². The molecule has 1 aromatic rings. The Bertz CT molecular complexity index is 476. The van der Waals surface area contributed by atoms with Crippen LogP contribution in [0, 0.1) is 6.92 Å². The minimum Gasteiger partial charge on any atom is -0.291 e. The predicted octanol–water partition coefficient (Wildman–Crippen LogP) is 2.62. The number of unbranched alkanes of at least 4 members (excludes halogenated alkanes) is 1. The van der Waals surface area contributed by atoms with Crippen LogP contribution in [0.5, 0.6) is 0 Å². The molecule has 5 heteroatoms. The number of hydrogen-bond donors (Lipinski definition) is 2. The van der Waals surface area contributed by atoms with E-state index in [4.69, 9.17) is 0 Å². The molecule has 0 saturated carbocycles. The van der Waals surface area contributed by atoms with Crippen molar-refractivity contribution >= 4 is 11.7 Å². The summed E-state index contributed by atoms with van der Waals surface area (Å²) in [5.41, 5.74) is 5.23. The summed E-state index contributed by atoms with van der Waals surface area (Å²) >= 11 is 0. The fourth-order valence-corrected chi connectivity index (χ4v) is 1.54. The molecule has 0 aliphatic rings. The van der Waals surface area contributed by atoms with Gasteiger partial charge in [-0.3, -0.25) is 9.78 Å². The molecule has 0 aromatic carbocycles. The summed E-state index contributed by atoms with van der Waals surface area (Å²) in [6.07, 6.45) is 3.72. The molecule has 0 amide bonds. The van der Waals surface area contributed by atoms with E-state index >= 15 is 0 Å². The molecule has 1 rings (SSSR count). The van der Waals surface area contributed by atoms with Crippen molar-refractivity contribution in [2.45, 2.75) is 53.4 Å². The van der Waals surface area contributed by atoms with Crippen LogP contribution >= 0.6 is 0 Å². The van der Waals surface area contributed by atoms with E-state index in [1.54, 1.807) is 0 Å². The Kier molecular flexibility index (Phi) is 5.55. The van der Waals surface area contributed by atoms with E-state index in [1.165, 1.54) is 0 Å². The minimum absolute atomic E-state index is 0.0669. The molecule has 0 radical (unpaired) electrons. The van der Waals surface area contributed by atoms with Gasteiger partial charge in [0.25, 0.3) is 5.56 Å². The maximum atomic E-state index is 11.9. The van der Waals surface area contributed by atoms with Crippen LogP contribution in [0.15, 0.2) is 9.90 Å². The monoisotopic (exact) mass is 250 g/mol. The van der Waals surface area contributed by atoms with Crippen LogP contribution in [-0.4, -0.2) is 15.7 Å². The molecule has 0 saturated heterocycles. The lowest BCUT2D eigenvalue weighted by Gasteiger charge is -2.06. The molecule has 5 nitrogen and oxygen atoms in total. The van der Waals surface area contributed by atoms with Gasteiger partial charge in [-0.25, -0.2) is 10.4 Å². The van der Waals surface area contributed by atoms with Gasteiger partial charge in [-0.2, -0.15) is 5.10 Å². The number of nitrogens with zero attached hydrogens (tertiary/aromatic N) is 2. The number of hydrazone groups is 1. The van der Waals surface area contributed by atoms with Crippen molar-refractivity contribution in [3.8, 4) is 0 Å². The average molecular weight is 250 g/mol. The zero-order valence-electron chi connectivity index (χ0n) is 11.6. The number of rotatable bonds is 6. The summed E-state index contributed by atoms with van der Waals surface area (Å²) in [4.78, 5) is 18.9. The van der Waals surface area contributed by atoms with Gasteiger partial charge in [-0.1, -0.05) is 20.3 Å². The van der Waals surface area contributed by atoms with Gasteiger partial charge in [0.1, 0.15) is 0 Å². The number of aromatic amines is 1. The first-order chi connectivity index (χ1) is 8.58. The highest BCUT2D eigenvalue weighted by Crippen LogP contribution is 2.06. The molecule has 0 fully saturated rings. The summed E-state index contributed by atoms with van der Waals surface area (Å²) < 4.78 is 0. The summed E-state index contributed by atoms with van der Waals surface area (Å²) in [6.45, 7) is 7.92. The highest BCUT2D eigenvalue weighted by molar-refractivity contribution is 5.82. The largest absolute Gasteiger partial charge is 0.291 e. The van der Waals surface area contributed by atoms with E-state index in [0.717, 1.165) is 42.7 Å². The molecule has 0 spiro atoms. The van der Waals surface area contributed by atoms with Gasteiger partial charge in [0, 0.05) is 17.0 Å². The quantitative estimate of drug-likeness (QED) is 0.602. The molecule has 0 bridgehead atoms. The molecule has 0 atom stereocenters. The molecule has 1 aromatic heterocycles. The lowest BCUT2D eigenvalue weighted by atomic mass is 10.1. The smallest absolute Gasteiger partial charge is 0.255 e. The average Bonchev–Trinajstić information content (AvgIpc) is 2.35. The second-order valence-electron chi connectivity index (χ2n) is 4.39. The third-order valence-electron chi connectivity index (χ3n) is 2.87. The molecule has 0 aliphatic carbocycles. The van der Waals surface area contributed by atoms with E-state index in [0.29, 0.717) is 5.95 Å². The normalized spacial score (nSPS) is 11.7. The van der Waals surface area contributed by atoms with Gasteiger partial charge in [0.15, 0.2) is 0 Å². The van der Waals surface area contributed by atoms with Crippen molar-refractivity contribution in [1.29, 1.82) is 0 Å². The van der Waals surface area contributed by atoms with Crippen molar-refractivity contribution in [2.24, 2.45) is 5.10 Å². The Morgan fingerprint density at radius 2 is 2.17 bits per heavy atom. The van der Waals surface area contributed by atoms with Crippen LogP contribution in [-0.2, 0) is 6.42 Å². The fraction of sp³-hybridized carbons (Fsp3) is 0.615. The third kappa shape index (κ3) is 3.98. The molecule has 1 heterocycles. The van der Waals surface area contributed by atoms with E-state index < -0.39 is 0 Å². The zero-order chi connectivity index (χ0) is 13.5. The Balaban J connectivity index is 2.89. The maximum Gasteiger partial charge on any atom is 0.255 e. The number of hydrogen-bond acceptors (Lipinski definition) is 4. The molecule has 0 aliphatic heterocycles. The van der Waals surface area contributed by atoms with Crippen molar-refractivity contribution in [3.05, 3.63) is 21.6 Å². The van der Waals surface area contributed by atoms with E-state index in [9.17, 15) is 4.79 Å². The summed E-state index contributed by atoms with van der Waals surface area (Å²) in [5.74, 6) is 0.408. The second-order valence-corrected chi connectivity index (χ2v) is 4.39. The molecule has 100 valence electrons. The Morgan fingerprint density at radius 3 is 2.72 bits per heavy atom. The maximum absolute atomic E-state index is 11.9. The van der Waals surface area contributed by atoms with Crippen molar-refractivity contribution in [1.82, 2.24) is 9.97 Å². The fourth-order valence-electron chi connectivity index (χ4n) is 1.54. The van der Waals surface area contributed by atoms with Crippen LogP contribution in [0.1, 0.15) is 51.3 Å². The molecule has 18 heavy (non-hydrogen) atoms. The molecular formula is C13H22N4O. The highest BCUT2D eigenvalue weighted by Gasteiger charge is 2.07. The van der Waals surface area contributed by atoms with Crippen molar-refractivity contribution < 1.29 is 0 Å². The number of aryl methyl sites for hydroxylation is 1. The van der Waals surface area contributed by atoms with E-state index in [2.05, 4.69) is 27.4 Å². The first kappa shape index (κ1) is 14.4. The molecule has 2 N–H and O–H groups in total. The number of aromatic nitrogens is 2. The standard InChI is InChI=1S/C13H22N4O/c1-5-7-8-11-10(4)14-13(15-12(11)18)17-16-9(3)6-2/h5-8H2,1-4H3,(H2,14,15,17,18)/b16-9-. The number of H-pyrrole nitrogens is 1. The third-order valence-corrected chi connectivity index (χ3v) is 2.87. The molecular weight excluding hydrogens is 228 g/mol. The predicted molar refractivity (Wildman–Crippen MR) is 75.2 cm³/mol. The Morgan fingerprint density at radius 1 is 1.44 bits per heavy atom. The topological polar surface area (TPSA) is 70.1 Å². The summed E-state index contributed by atoms with van der Waals surface area (Å²) in [7, 11) is 0. The van der Waals surface area contributed by atoms with Crippen LogP contribution in [0.3, 0.4) is 0 Å². The van der Waals surface area contributed by atoms with Crippen LogP contribution in [0.2, 0.25) is 0 Å². The lowest BCUT2D eigenvalue weighted by molar-refractivity contribution is 0.774. The number of anilines is 1. The Labute approximate surface area is 108 Å².